The Morgan fingerprint density at radius 1 is 1.09 bits per heavy atom. The second-order valence-electron chi connectivity index (χ2n) is 7.34. The second kappa shape index (κ2) is 8.05. The van der Waals surface area contributed by atoms with Gasteiger partial charge >= 0.3 is 5.63 Å². The smallest absolute Gasteiger partial charge is 0.347 e. The highest BCUT2D eigenvalue weighted by Crippen LogP contribution is 2.32. The van der Waals surface area contributed by atoms with Gasteiger partial charge in [0.05, 0.1) is 24.0 Å². The molecular formula is C22H12BrClN4O5. The molecule has 0 aliphatic carbocycles. The number of ketones is 2. The lowest BCUT2D eigenvalue weighted by Gasteiger charge is -2.14. The first kappa shape index (κ1) is 21.2. The van der Waals surface area contributed by atoms with Crippen LogP contribution in [0.3, 0.4) is 0 Å². The van der Waals surface area contributed by atoms with E-state index >= 15 is 0 Å². The predicted molar refractivity (Wildman–Crippen MR) is 122 cm³/mol. The minimum absolute atomic E-state index is 0.0135. The minimum Gasteiger partial charge on any atom is -0.422 e. The molecule has 164 valence electrons. The molecule has 3 heterocycles. The Hall–Kier alpha value is -3.63. The van der Waals surface area contributed by atoms with Crippen LogP contribution in [0.4, 0.5) is 5.69 Å². The van der Waals surface area contributed by atoms with Crippen molar-refractivity contribution in [1.29, 1.82) is 0 Å². The van der Waals surface area contributed by atoms with E-state index in [9.17, 15) is 19.2 Å². The molecule has 0 radical (unpaired) electrons. The number of carbonyl (C=O) groups is 3. The summed E-state index contributed by atoms with van der Waals surface area (Å²) in [5.74, 6) is -1.85. The fourth-order valence-electron chi connectivity index (χ4n) is 3.59. The van der Waals surface area contributed by atoms with Crippen LogP contribution < -0.4 is 10.5 Å². The summed E-state index contributed by atoms with van der Waals surface area (Å²) in [7, 11) is 0. The van der Waals surface area contributed by atoms with E-state index < -0.39 is 23.1 Å². The summed E-state index contributed by atoms with van der Waals surface area (Å²) in [6.45, 7) is -0.265. The normalized spacial score (nSPS) is 13.1. The van der Waals surface area contributed by atoms with Gasteiger partial charge in [0.25, 0.3) is 11.7 Å². The molecule has 5 rings (SSSR count). The molecule has 33 heavy (non-hydrogen) atoms. The molecule has 0 saturated heterocycles. The van der Waals surface area contributed by atoms with Crippen molar-refractivity contribution in [3.8, 4) is 0 Å². The Balaban J connectivity index is 1.35. The van der Waals surface area contributed by atoms with Gasteiger partial charge in [0, 0.05) is 14.9 Å². The van der Waals surface area contributed by atoms with Gasteiger partial charge in [-0.2, -0.15) is 0 Å². The molecule has 1 aliphatic rings. The molecule has 0 saturated carbocycles. The van der Waals surface area contributed by atoms with Crippen molar-refractivity contribution in [2.75, 3.05) is 4.90 Å². The van der Waals surface area contributed by atoms with Crippen LogP contribution in [0.1, 0.15) is 26.4 Å². The van der Waals surface area contributed by atoms with Crippen LogP contribution in [-0.4, -0.2) is 32.5 Å². The standard InChI is InChI=1S/C22H12BrClN4O5/c23-12-2-1-11-5-16(22(32)33-19(11)6-12)18(29)10-27-8-14(25-26-27)9-28-17-4-3-13(24)7-15(17)20(30)21(28)31/h1-8H,9-10H2. The highest BCUT2D eigenvalue weighted by molar-refractivity contribution is 9.10. The maximum atomic E-state index is 12.7. The molecule has 1 aliphatic heterocycles. The molecule has 0 unspecified atom stereocenters. The Kier molecular flexibility index (Phi) is 5.18. The summed E-state index contributed by atoms with van der Waals surface area (Å²) in [5, 5.41) is 8.85. The van der Waals surface area contributed by atoms with Gasteiger partial charge in [0.1, 0.15) is 23.4 Å². The van der Waals surface area contributed by atoms with E-state index in [1.165, 1.54) is 27.9 Å². The molecule has 0 spiro atoms. The van der Waals surface area contributed by atoms with Crippen molar-refractivity contribution in [2.24, 2.45) is 0 Å². The van der Waals surface area contributed by atoms with Crippen molar-refractivity contribution in [3.05, 3.63) is 85.4 Å². The Morgan fingerprint density at radius 3 is 2.73 bits per heavy atom. The van der Waals surface area contributed by atoms with Gasteiger partial charge in [0.15, 0.2) is 5.78 Å². The Morgan fingerprint density at radius 2 is 1.91 bits per heavy atom. The van der Waals surface area contributed by atoms with Crippen molar-refractivity contribution < 1.29 is 18.8 Å². The number of Topliss-reactive ketones (excluding diaryl/α,β-unsaturated/α-hetero) is 2. The third kappa shape index (κ3) is 3.87. The Bertz CT molecular complexity index is 1540. The summed E-state index contributed by atoms with van der Waals surface area (Å²) in [6, 6.07) is 11.2. The van der Waals surface area contributed by atoms with Crippen LogP contribution in [0.15, 0.2) is 62.3 Å². The van der Waals surface area contributed by atoms with Gasteiger partial charge < -0.3 is 4.42 Å². The maximum Gasteiger partial charge on any atom is 0.347 e. The summed E-state index contributed by atoms with van der Waals surface area (Å²) in [6.07, 6.45) is 1.48. The molecule has 1 amide bonds. The monoisotopic (exact) mass is 526 g/mol. The van der Waals surface area contributed by atoms with Gasteiger partial charge in [0.2, 0.25) is 0 Å². The molecule has 2 aromatic heterocycles. The summed E-state index contributed by atoms with van der Waals surface area (Å²) in [5.41, 5.74) is 0.531. The van der Waals surface area contributed by atoms with Gasteiger partial charge in [-0.1, -0.05) is 38.8 Å². The quantitative estimate of drug-likeness (QED) is 0.222. The van der Waals surface area contributed by atoms with Crippen molar-refractivity contribution in [3.63, 3.8) is 0 Å². The van der Waals surface area contributed by atoms with E-state index in [0.29, 0.717) is 27.4 Å². The number of nitrogens with zero attached hydrogens (tertiary/aromatic N) is 4. The third-order valence-corrected chi connectivity index (χ3v) is 5.87. The lowest BCUT2D eigenvalue weighted by molar-refractivity contribution is -0.114. The zero-order valence-corrected chi connectivity index (χ0v) is 19.0. The molecule has 2 aromatic carbocycles. The maximum absolute atomic E-state index is 12.7. The van der Waals surface area contributed by atoms with Crippen molar-refractivity contribution in [1.82, 2.24) is 15.0 Å². The van der Waals surface area contributed by atoms with Gasteiger partial charge in [-0.15, -0.1) is 5.10 Å². The highest BCUT2D eigenvalue weighted by atomic mass is 79.9. The average molecular weight is 528 g/mol. The first-order valence-corrected chi connectivity index (χ1v) is 10.8. The number of hydrogen-bond donors (Lipinski definition) is 0. The number of aromatic nitrogens is 3. The molecule has 0 atom stereocenters. The fourth-order valence-corrected chi connectivity index (χ4v) is 4.10. The SMILES string of the molecule is O=C1C(=O)N(Cc2cn(CC(=O)c3cc4ccc(Br)cc4oc3=O)nn2)c2ccc(Cl)cc21. The third-order valence-electron chi connectivity index (χ3n) is 5.14. The van der Waals surface area contributed by atoms with E-state index in [2.05, 4.69) is 26.2 Å². The van der Waals surface area contributed by atoms with Crippen molar-refractivity contribution >= 4 is 61.7 Å². The number of rotatable bonds is 5. The van der Waals surface area contributed by atoms with Crippen LogP contribution in [0.5, 0.6) is 0 Å². The summed E-state index contributed by atoms with van der Waals surface area (Å²) >= 11 is 9.23. The van der Waals surface area contributed by atoms with E-state index in [-0.39, 0.29) is 24.2 Å². The Labute approximate surface area is 198 Å². The second-order valence-corrected chi connectivity index (χ2v) is 8.69. The molecule has 9 nitrogen and oxygen atoms in total. The zero-order valence-electron chi connectivity index (χ0n) is 16.6. The molecular weight excluding hydrogens is 516 g/mol. The molecule has 0 fully saturated rings. The molecule has 11 heteroatoms. The van der Waals surface area contributed by atoms with E-state index in [1.54, 1.807) is 30.3 Å². The van der Waals surface area contributed by atoms with Gasteiger partial charge in [-0.3, -0.25) is 19.3 Å². The summed E-state index contributed by atoms with van der Waals surface area (Å²) < 4.78 is 7.26. The topological polar surface area (TPSA) is 115 Å². The number of carbonyl (C=O) groups excluding carboxylic acids is 3. The van der Waals surface area contributed by atoms with E-state index in [4.69, 9.17) is 16.0 Å². The number of halogens is 2. The van der Waals surface area contributed by atoms with E-state index in [1.807, 2.05) is 0 Å². The number of anilines is 1. The summed E-state index contributed by atoms with van der Waals surface area (Å²) in [4.78, 5) is 50.9. The van der Waals surface area contributed by atoms with Gasteiger partial charge in [-0.25, -0.2) is 9.48 Å². The average Bonchev–Trinajstić information content (AvgIpc) is 3.31. The number of benzene rings is 2. The highest BCUT2D eigenvalue weighted by Gasteiger charge is 2.36. The number of fused-ring (bicyclic) bond motifs is 2. The minimum atomic E-state index is -0.748. The molecule has 0 N–H and O–H groups in total. The fraction of sp³-hybridized carbons (Fsp3) is 0.0909. The molecule has 0 bridgehead atoms. The van der Waals surface area contributed by atoms with Crippen molar-refractivity contribution in [2.45, 2.75) is 13.1 Å². The van der Waals surface area contributed by atoms with Crippen LogP contribution in [-0.2, 0) is 17.9 Å². The van der Waals surface area contributed by atoms with Crippen LogP contribution in [0, 0.1) is 0 Å². The predicted octanol–water partition coefficient (Wildman–Crippen LogP) is 3.41. The lowest BCUT2D eigenvalue weighted by atomic mass is 10.1. The number of hydrogen-bond acceptors (Lipinski definition) is 7. The van der Waals surface area contributed by atoms with Crippen LogP contribution in [0.2, 0.25) is 5.02 Å². The first-order valence-electron chi connectivity index (χ1n) is 9.61. The first-order chi connectivity index (χ1) is 15.8. The number of amides is 1. The van der Waals surface area contributed by atoms with Crippen LogP contribution in [0.25, 0.3) is 11.0 Å². The van der Waals surface area contributed by atoms with Crippen LogP contribution >= 0.6 is 27.5 Å². The van der Waals surface area contributed by atoms with E-state index in [0.717, 1.165) is 4.47 Å². The zero-order chi connectivity index (χ0) is 23.3. The van der Waals surface area contributed by atoms with Gasteiger partial charge in [-0.05, 0) is 36.4 Å². The lowest BCUT2D eigenvalue weighted by Crippen LogP contribution is -2.29. The molecule has 4 aromatic rings. The largest absolute Gasteiger partial charge is 0.422 e.